The van der Waals surface area contributed by atoms with Gasteiger partial charge in [0, 0.05) is 37.9 Å². The Kier molecular flexibility index (Phi) is 5.75. The van der Waals surface area contributed by atoms with Gasteiger partial charge in [0.1, 0.15) is 6.04 Å². The lowest BCUT2D eigenvalue weighted by molar-refractivity contribution is -0.126. The van der Waals surface area contributed by atoms with Crippen LogP contribution in [0.25, 0.3) is 0 Å². The molecule has 2 heterocycles. The molecule has 0 spiro atoms. The van der Waals surface area contributed by atoms with Gasteiger partial charge in [0.15, 0.2) is 0 Å². The van der Waals surface area contributed by atoms with Gasteiger partial charge in [-0.05, 0) is 35.6 Å². The Morgan fingerprint density at radius 1 is 1.19 bits per heavy atom. The number of nitrogens with zero attached hydrogens (tertiary/aromatic N) is 2. The van der Waals surface area contributed by atoms with Crippen LogP contribution in [0.3, 0.4) is 0 Å². The molecule has 2 N–H and O–H groups in total. The standard InChI is InChI=1S/C24H26N4O3/c1-16-11-12-21(22(29)26-16)28-15-20-18(9-6-10-19(20)23(28)30)14-27(2)24(31)25-13-17-7-4-3-5-8-17/h3-10,21H,1,11-15H2,2H3,(H,25,31)(H,26,29). The van der Waals surface area contributed by atoms with E-state index in [1.165, 1.54) is 0 Å². The molecule has 2 aromatic carbocycles. The van der Waals surface area contributed by atoms with Crippen molar-refractivity contribution in [2.75, 3.05) is 7.05 Å². The number of carbonyl (C=O) groups is 3. The Balaban J connectivity index is 1.44. The van der Waals surface area contributed by atoms with Crippen molar-refractivity contribution >= 4 is 17.8 Å². The fourth-order valence-electron chi connectivity index (χ4n) is 4.11. The van der Waals surface area contributed by atoms with Gasteiger partial charge >= 0.3 is 6.03 Å². The Bertz CT molecular complexity index is 1030. The average molecular weight is 418 g/mol. The maximum absolute atomic E-state index is 13.0. The van der Waals surface area contributed by atoms with Crippen LogP contribution in [-0.4, -0.2) is 40.7 Å². The third-order valence-corrected chi connectivity index (χ3v) is 5.83. The summed E-state index contributed by atoms with van der Waals surface area (Å²) in [6.07, 6.45) is 1.23. The summed E-state index contributed by atoms with van der Waals surface area (Å²) in [7, 11) is 1.73. The first-order valence-electron chi connectivity index (χ1n) is 10.4. The Morgan fingerprint density at radius 2 is 1.97 bits per heavy atom. The monoisotopic (exact) mass is 418 g/mol. The molecule has 31 heavy (non-hydrogen) atoms. The number of hydrogen-bond donors (Lipinski definition) is 2. The zero-order valence-corrected chi connectivity index (χ0v) is 17.6. The fraction of sp³-hybridized carbons (Fsp3) is 0.292. The highest BCUT2D eigenvalue weighted by molar-refractivity contribution is 6.01. The number of allylic oxidation sites excluding steroid dienone is 1. The molecule has 1 saturated heterocycles. The van der Waals surface area contributed by atoms with Crippen molar-refractivity contribution in [3.8, 4) is 0 Å². The topological polar surface area (TPSA) is 81.8 Å². The third-order valence-electron chi connectivity index (χ3n) is 5.83. The van der Waals surface area contributed by atoms with Crippen LogP contribution < -0.4 is 10.6 Å². The second kappa shape index (κ2) is 8.63. The summed E-state index contributed by atoms with van der Waals surface area (Å²) in [6.45, 7) is 5.00. The molecule has 1 fully saturated rings. The third kappa shape index (κ3) is 4.30. The Morgan fingerprint density at radius 3 is 2.71 bits per heavy atom. The number of amides is 4. The van der Waals surface area contributed by atoms with Gasteiger partial charge in [0.2, 0.25) is 5.91 Å². The van der Waals surface area contributed by atoms with E-state index in [1.54, 1.807) is 22.9 Å². The van der Waals surface area contributed by atoms with E-state index in [0.717, 1.165) is 16.7 Å². The number of hydrogen-bond acceptors (Lipinski definition) is 3. The van der Waals surface area contributed by atoms with Gasteiger partial charge in [-0.15, -0.1) is 0 Å². The predicted molar refractivity (Wildman–Crippen MR) is 117 cm³/mol. The second-order valence-electron chi connectivity index (χ2n) is 8.02. The lowest BCUT2D eigenvalue weighted by Gasteiger charge is -2.31. The molecule has 0 radical (unpaired) electrons. The minimum Gasteiger partial charge on any atom is -0.334 e. The van der Waals surface area contributed by atoms with Gasteiger partial charge < -0.3 is 20.4 Å². The molecule has 160 valence electrons. The van der Waals surface area contributed by atoms with Gasteiger partial charge in [-0.3, -0.25) is 9.59 Å². The van der Waals surface area contributed by atoms with E-state index >= 15 is 0 Å². The molecule has 1 atom stereocenters. The highest BCUT2D eigenvalue weighted by atomic mass is 16.2. The molecule has 7 heteroatoms. The van der Waals surface area contributed by atoms with Crippen LogP contribution in [0.1, 0.15) is 39.9 Å². The van der Waals surface area contributed by atoms with Crippen LogP contribution in [0.15, 0.2) is 60.8 Å². The second-order valence-corrected chi connectivity index (χ2v) is 8.02. The van der Waals surface area contributed by atoms with Crippen LogP contribution in [0.4, 0.5) is 4.79 Å². The molecular formula is C24H26N4O3. The summed E-state index contributed by atoms with van der Waals surface area (Å²) in [5, 5.41) is 5.67. The van der Waals surface area contributed by atoms with Gasteiger partial charge in [-0.2, -0.15) is 0 Å². The zero-order valence-electron chi connectivity index (χ0n) is 17.6. The molecule has 4 amide bonds. The number of nitrogens with one attached hydrogen (secondary N) is 2. The largest absolute Gasteiger partial charge is 0.334 e. The molecule has 0 aliphatic carbocycles. The summed E-state index contributed by atoms with van der Waals surface area (Å²) in [4.78, 5) is 41.2. The van der Waals surface area contributed by atoms with E-state index in [2.05, 4.69) is 17.2 Å². The van der Waals surface area contributed by atoms with E-state index in [0.29, 0.717) is 43.7 Å². The van der Waals surface area contributed by atoms with Gasteiger partial charge in [-0.1, -0.05) is 49.0 Å². The Labute approximate surface area is 181 Å². The molecule has 0 saturated carbocycles. The minimum atomic E-state index is -0.495. The number of carbonyl (C=O) groups excluding carboxylic acids is 3. The highest BCUT2D eigenvalue weighted by Crippen LogP contribution is 2.31. The summed E-state index contributed by atoms with van der Waals surface area (Å²) < 4.78 is 0. The minimum absolute atomic E-state index is 0.138. The maximum Gasteiger partial charge on any atom is 0.317 e. The van der Waals surface area contributed by atoms with E-state index in [9.17, 15) is 14.4 Å². The quantitative estimate of drug-likeness (QED) is 0.783. The number of urea groups is 1. The van der Waals surface area contributed by atoms with Gasteiger partial charge in [0.05, 0.1) is 0 Å². The predicted octanol–water partition coefficient (Wildman–Crippen LogP) is 2.78. The number of benzene rings is 2. The van der Waals surface area contributed by atoms with E-state index in [-0.39, 0.29) is 17.8 Å². The lowest BCUT2D eigenvalue weighted by atomic mass is 10.0. The first-order valence-corrected chi connectivity index (χ1v) is 10.4. The van der Waals surface area contributed by atoms with E-state index in [1.807, 2.05) is 42.5 Å². The van der Waals surface area contributed by atoms with Crippen molar-refractivity contribution in [3.05, 3.63) is 83.1 Å². The van der Waals surface area contributed by atoms with Crippen LogP contribution in [0.5, 0.6) is 0 Å². The van der Waals surface area contributed by atoms with Crippen molar-refractivity contribution in [2.45, 2.75) is 38.5 Å². The SMILES string of the molecule is C=C1CCC(N2Cc3c(CN(C)C(=O)NCc4ccccc4)cccc3C2=O)C(=O)N1. The van der Waals surface area contributed by atoms with Crippen LogP contribution in [0.2, 0.25) is 0 Å². The first kappa shape index (κ1) is 20.7. The molecule has 0 aromatic heterocycles. The average Bonchev–Trinajstić information content (AvgIpc) is 3.10. The number of piperidine rings is 1. The van der Waals surface area contributed by atoms with Crippen LogP contribution in [-0.2, 0) is 24.4 Å². The molecule has 1 unspecified atom stereocenters. The number of fused-ring (bicyclic) bond motifs is 1. The maximum atomic E-state index is 13.0. The molecular weight excluding hydrogens is 392 g/mol. The smallest absolute Gasteiger partial charge is 0.317 e. The molecule has 7 nitrogen and oxygen atoms in total. The first-order chi connectivity index (χ1) is 14.9. The molecule has 2 aliphatic rings. The summed E-state index contributed by atoms with van der Waals surface area (Å²) in [6, 6.07) is 14.6. The van der Waals surface area contributed by atoms with Crippen molar-refractivity contribution in [1.82, 2.24) is 20.4 Å². The van der Waals surface area contributed by atoms with Crippen molar-refractivity contribution in [1.29, 1.82) is 0 Å². The van der Waals surface area contributed by atoms with Crippen molar-refractivity contribution in [2.24, 2.45) is 0 Å². The lowest BCUT2D eigenvalue weighted by Crippen LogP contribution is -2.49. The van der Waals surface area contributed by atoms with Crippen molar-refractivity contribution in [3.63, 3.8) is 0 Å². The Hall–Kier alpha value is -3.61. The highest BCUT2D eigenvalue weighted by Gasteiger charge is 2.38. The van der Waals surface area contributed by atoms with E-state index < -0.39 is 6.04 Å². The molecule has 0 bridgehead atoms. The van der Waals surface area contributed by atoms with Gasteiger partial charge in [-0.25, -0.2) is 4.79 Å². The zero-order chi connectivity index (χ0) is 22.0. The molecule has 2 aromatic rings. The fourth-order valence-corrected chi connectivity index (χ4v) is 4.11. The van der Waals surface area contributed by atoms with Gasteiger partial charge in [0.25, 0.3) is 5.91 Å². The number of rotatable bonds is 5. The molecule has 4 rings (SSSR count). The normalized spacial score (nSPS) is 17.9. The van der Waals surface area contributed by atoms with E-state index in [4.69, 9.17) is 0 Å². The summed E-state index contributed by atoms with van der Waals surface area (Å²) in [5.41, 5.74) is 4.11. The van der Waals surface area contributed by atoms with Crippen LogP contribution in [0, 0.1) is 0 Å². The van der Waals surface area contributed by atoms with Crippen LogP contribution >= 0.6 is 0 Å². The summed E-state index contributed by atoms with van der Waals surface area (Å²) in [5.74, 6) is -0.322. The van der Waals surface area contributed by atoms with Crippen molar-refractivity contribution < 1.29 is 14.4 Å². The molecule has 2 aliphatic heterocycles. The summed E-state index contributed by atoms with van der Waals surface area (Å²) >= 11 is 0.